The molecule has 0 radical (unpaired) electrons. The highest BCUT2D eigenvalue weighted by atomic mass is 35.5. The van der Waals surface area contributed by atoms with Gasteiger partial charge in [0.1, 0.15) is 0 Å². The molecular formula is C15H15ClN2O2. The number of aryl methyl sites for hydroxylation is 1. The molecule has 0 saturated carbocycles. The molecule has 0 aliphatic rings. The number of carboxylic acids is 1. The summed E-state index contributed by atoms with van der Waals surface area (Å²) in [5.41, 5.74) is 4.47. The van der Waals surface area contributed by atoms with E-state index in [9.17, 15) is 4.79 Å². The van der Waals surface area contributed by atoms with Gasteiger partial charge in [0.15, 0.2) is 0 Å². The third-order valence-electron chi connectivity index (χ3n) is 3.30. The van der Waals surface area contributed by atoms with Crippen molar-refractivity contribution < 1.29 is 9.90 Å². The molecule has 0 bridgehead atoms. The topological polar surface area (TPSA) is 55.1 Å². The maximum absolute atomic E-state index is 10.7. The number of hydrogen-bond acceptors (Lipinski definition) is 2. The quantitative estimate of drug-likeness (QED) is 0.880. The first-order valence-corrected chi connectivity index (χ1v) is 6.52. The summed E-state index contributed by atoms with van der Waals surface area (Å²) < 4.78 is 1.79. The lowest BCUT2D eigenvalue weighted by molar-refractivity contribution is -0.131. The van der Waals surface area contributed by atoms with Crippen LogP contribution in [-0.2, 0) is 4.79 Å². The number of aromatic nitrogens is 2. The molecule has 0 saturated heterocycles. The Hall–Kier alpha value is -2.07. The molecule has 5 heteroatoms. The second-order valence-electron chi connectivity index (χ2n) is 4.55. The lowest BCUT2D eigenvalue weighted by Gasteiger charge is -2.10. The Kier molecular flexibility index (Phi) is 3.95. The van der Waals surface area contributed by atoms with Crippen molar-refractivity contribution >= 4 is 23.6 Å². The fraction of sp³-hybridized carbons (Fsp3) is 0.200. The van der Waals surface area contributed by atoms with E-state index in [1.54, 1.807) is 10.7 Å². The van der Waals surface area contributed by atoms with Crippen LogP contribution in [0.2, 0.25) is 5.02 Å². The van der Waals surface area contributed by atoms with Crippen molar-refractivity contribution in [3.63, 3.8) is 0 Å². The first-order chi connectivity index (χ1) is 9.41. The third-order valence-corrected chi connectivity index (χ3v) is 3.63. The summed E-state index contributed by atoms with van der Waals surface area (Å²) in [5, 5.41) is 13.8. The van der Waals surface area contributed by atoms with Crippen LogP contribution < -0.4 is 0 Å². The average Bonchev–Trinajstić information content (AvgIpc) is 2.64. The van der Waals surface area contributed by atoms with E-state index >= 15 is 0 Å². The Labute approximate surface area is 122 Å². The number of aliphatic carboxylic acids is 1. The predicted octanol–water partition coefficient (Wildman–Crippen LogP) is 3.55. The van der Waals surface area contributed by atoms with E-state index in [0.717, 1.165) is 28.7 Å². The second-order valence-corrected chi connectivity index (χ2v) is 4.96. The fourth-order valence-electron chi connectivity index (χ4n) is 1.99. The van der Waals surface area contributed by atoms with Crippen LogP contribution in [0.1, 0.15) is 22.5 Å². The Morgan fingerprint density at radius 3 is 2.60 bits per heavy atom. The molecular weight excluding hydrogens is 276 g/mol. The summed E-state index contributed by atoms with van der Waals surface area (Å²) in [6.45, 7) is 5.92. The molecule has 0 fully saturated rings. The summed E-state index contributed by atoms with van der Waals surface area (Å²) >= 11 is 6.18. The summed E-state index contributed by atoms with van der Waals surface area (Å²) in [6, 6.07) is 5.42. The highest BCUT2D eigenvalue weighted by Crippen LogP contribution is 2.26. The van der Waals surface area contributed by atoms with E-state index in [2.05, 4.69) is 5.10 Å². The normalized spacial score (nSPS) is 11.2. The number of halogens is 1. The maximum atomic E-state index is 10.7. The number of carboxylic acid groups (broad SMARTS) is 1. The van der Waals surface area contributed by atoms with Gasteiger partial charge in [-0.25, -0.2) is 9.48 Å². The molecule has 0 unspecified atom stereocenters. The highest BCUT2D eigenvalue weighted by Gasteiger charge is 2.13. The van der Waals surface area contributed by atoms with Crippen LogP contribution in [0, 0.1) is 20.8 Å². The van der Waals surface area contributed by atoms with Gasteiger partial charge in [0.05, 0.1) is 11.4 Å². The van der Waals surface area contributed by atoms with Crippen molar-refractivity contribution in [2.24, 2.45) is 0 Å². The molecule has 2 rings (SSSR count). The Morgan fingerprint density at radius 1 is 1.35 bits per heavy atom. The van der Waals surface area contributed by atoms with Crippen LogP contribution in [-0.4, -0.2) is 20.9 Å². The third kappa shape index (κ3) is 2.60. The minimum absolute atomic E-state index is 0.491. The van der Waals surface area contributed by atoms with E-state index in [-0.39, 0.29) is 0 Å². The molecule has 0 amide bonds. The Balaban J connectivity index is 2.65. The van der Waals surface area contributed by atoms with Crippen LogP contribution in [0.15, 0.2) is 24.3 Å². The molecule has 20 heavy (non-hydrogen) atoms. The van der Waals surface area contributed by atoms with Crippen molar-refractivity contribution in [3.05, 3.63) is 51.8 Å². The number of benzene rings is 1. The number of carbonyl (C=O) groups is 1. The molecule has 0 spiro atoms. The van der Waals surface area contributed by atoms with Crippen LogP contribution in [0.25, 0.3) is 11.8 Å². The van der Waals surface area contributed by atoms with Crippen LogP contribution in [0.5, 0.6) is 0 Å². The van der Waals surface area contributed by atoms with Gasteiger partial charge in [-0.1, -0.05) is 17.7 Å². The fourth-order valence-corrected chi connectivity index (χ4v) is 2.22. The van der Waals surface area contributed by atoms with E-state index < -0.39 is 5.97 Å². The molecule has 0 aliphatic heterocycles. The molecule has 1 heterocycles. The van der Waals surface area contributed by atoms with E-state index in [4.69, 9.17) is 16.7 Å². The lowest BCUT2D eigenvalue weighted by atomic mass is 10.1. The summed E-state index contributed by atoms with van der Waals surface area (Å²) in [7, 11) is 0. The summed E-state index contributed by atoms with van der Waals surface area (Å²) in [4.78, 5) is 10.7. The van der Waals surface area contributed by atoms with Crippen molar-refractivity contribution in [2.45, 2.75) is 20.8 Å². The highest BCUT2D eigenvalue weighted by molar-refractivity contribution is 6.32. The van der Waals surface area contributed by atoms with Gasteiger partial charge < -0.3 is 5.11 Å². The minimum Gasteiger partial charge on any atom is -0.478 e. The van der Waals surface area contributed by atoms with E-state index in [0.29, 0.717) is 10.6 Å². The molecule has 1 aromatic heterocycles. The number of nitrogens with zero attached hydrogens (tertiary/aromatic N) is 2. The zero-order chi connectivity index (χ0) is 14.9. The van der Waals surface area contributed by atoms with Crippen molar-refractivity contribution in [1.29, 1.82) is 0 Å². The molecule has 0 atom stereocenters. The maximum Gasteiger partial charge on any atom is 0.328 e. The second kappa shape index (κ2) is 5.51. The van der Waals surface area contributed by atoms with Crippen molar-refractivity contribution in [1.82, 2.24) is 9.78 Å². The average molecular weight is 291 g/mol. The van der Waals surface area contributed by atoms with Crippen molar-refractivity contribution in [3.8, 4) is 5.69 Å². The number of rotatable bonds is 3. The summed E-state index contributed by atoms with van der Waals surface area (Å²) in [6.07, 6.45) is 2.56. The van der Waals surface area contributed by atoms with Gasteiger partial charge in [-0.05, 0) is 44.5 Å². The van der Waals surface area contributed by atoms with Gasteiger partial charge in [0, 0.05) is 22.4 Å². The smallest absolute Gasteiger partial charge is 0.328 e. The van der Waals surface area contributed by atoms with Crippen LogP contribution in [0.4, 0.5) is 0 Å². The molecule has 4 nitrogen and oxygen atoms in total. The SMILES string of the molecule is Cc1nn(-c2cccc(Cl)c2C=CC(=O)O)c(C)c1C. The van der Waals surface area contributed by atoms with Crippen LogP contribution >= 0.6 is 11.6 Å². The van der Waals surface area contributed by atoms with Crippen molar-refractivity contribution in [2.75, 3.05) is 0 Å². The van der Waals surface area contributed by atoms with Gasteiger partial charge in [-0.2, -0.15) is 5.10 Å². The largest absolute Gasteiger partial charge is 0.478 e. The zero-order valence-corrected chi connectivity index (χ0v) is 12.3. The van der Waals surface area contributed by atoms with Gasteiger partial charge >= 0.3 is 5.97 Å². The first kappa shape index (κ1) is 14.3. The Bertz CT molecular complexity index is 702. The van der Waals surface area contributed by atoms with Gasteiger partial charge in [-0.3, -0.25) is 0 Å². The predicted molar refractivity (Wildman–Crippen MR) is 79.5 cm³/mol. The molecule has 104 valence electrons. The standard InChI is InChI=1S/C15H15ClN2O2/c1-9-10(2)17-18(11(9)3)14-6-4-5-13(16)12(14)7-8-15(19)20/h4-8H,1-3H3,(H,19,20). The molecule has 2 aromatic rings. The number of hydrogen-bond donors (Lipinski definition) is 1. The minimum atomic E-state index is -1.01. The van der Waals surface area contributed by atoms with E-state index in [1.165, 1.54) is 6.08 Å². The zero-order valence-electron chi connectivity index (χ0n) is 11.5. The molecule has 1 N–H and O–H groups in total. The first-order valence-electron chi connectivity index (χ1n) is 6.14. The molecule has 0 aliphatic carbocycles. The molecule has 1 aromatic carbocycles. The summed E-state index contributed by atoms with van der Waals surface area (Å²) in [5.74, 6) is -1.01. The monoisotopic (exact) mass is 290 g/mol. The van der Waals surface area contributed by atoms with Crippen LogP contribution in [0.3, 0.4) is 0 Å². The Morgan fingerprint density at radius 2 is 2.05 bits per heavy atom. The van der Waals surface area contributed by atoms with Gasteiger partial charge in [0.2, 0.25) is 0 Å². The van der Waals surface area contributed by atoms with Gasteiger partial charge in [0.25, 0.3) is 0 Å². The van der Waals surface area contributed by atoms with E-state index in [1.807, 2.05) is 32.9 Å². The lowest BCUT2D eigenvalue weighted by Crippen LogP contribution is -2.02. The van der Waals surface area contributed by atoms with Gasteiger partial charge in [-0.15, -0.1) is 0 Å².